The number of hydrogen-bond donors (Lipinski definition) is 4. The Balaban J connectivity index is -0.000000678. The van der Waals surface area contributed by atoms with E-state index < -0.39 is 0 Å². The van der Waals surface area contributed by atoms with Gasteiger partial charge in [0.25, 0.3) is 0 Å². The summed E-state index contributed by atoms with van der Waals surface area (Å²) in [5.74, 6) is 0.951. The van der Waals surface area contributed by atoms with Crippen molar-refractivity contribution in [3.8, 4) is 0 Å². The lowest BCUT2D eigenvalue weighted by molar-refractivity contribution is -0.241. The van der Waals surface area contributed by atoms with Gasteiger partial charge >= 0.3 is 0 Å². The number of benzene rings is 2. The summed E-state index contributed by atoms with van der Waals surface area (Å²) >= 11 is 0. The molecule has 1 saturated heterocycles. The van der Waals surface area contributed by atoms with E-state index in [1.807, 2.05) is 65.1 Å². The predicted molar refractivity (Wildman–Crippen MR) is 201 cm³/mol. The number of hydrogen-bond acceptors (Lipinski definition) is 6. The van der Waals surface area contributed by atoms with E-state index in [0.717, 1.165) is 31.7 Å². The number of nitrogens with one attached hydrogen (secondary N) is 3. The molecule has 0 aromatic heterocycles. The van der Waals surface area contributed by atoms with E-state index in [0.29, 0.717) is 18.1 Å². The van der Waals surface area contributed by atoms with E-state index in [2.05, 4.69) is 104 Å². The van der Waals surface area contributed by atoms with Crippen molar-refractivity contribution in [2.75, 3.05) is 27.2 Å². The van der Waals surface area contributed by atoms with E-state index >= 15 is 0 Å². The zero-order valence-electron chi connectivity index (χ0n) is 31.2. The van der Waals surface area contributed by atoms with Crippen LogP contribution in [0.4, 0.5) is 0 Å². The molecule has 0 amide bonds. The minimum absolute atomic E-state index is 0. The average Bonchev–Trinajstić information content (AvgIpc) is 3.53. The van der Waals surface area contributed by atoms with Crippen molar-refractivity contribution in [2.45, 2.75) is 119 Å². The first-order valence-corrected chi connectivity index (χ1v) is 17.2. The summed E-state index contributed by atoms with van der Waals surface area (Å²) in [5, 5.41) is 18.5. The highest BCUT2D eigenvalue weighted by molar-refractivity contribution is 5.32. The predicted octanol–water partition coefficient (Wildman–Crippen LogP) is 7.87. The van der Waals surface area contributed by atoms with Crippen molar-refractivity contribution in [1.82, 2.24) is 20.9 Å². The first kappa shape index (κ1) is 43.5. The van der Waals surface area contributed by atoms with Gasteiger partial charge in [0.05, 0.1) is 18.5 Å². The zero-order chi connectivity index (χ0) is 34.0. The Morgan fingerprint density at radius 3 is 1.93 bits per heavy atom. The van der Waals surface area contributed by atoms with Gasteiger partial charge in [-0.05, 0) is 81.6 Å². The van der Waals surface area contributed by atoms with Crippen molar-refractivity contribution in [3.05, 3.63) is 88.3 Å². The maximum absolute atomic E-state index is 8.03. The summed E-state index contributed by atoms with van der Waals surface area (Å²) < 4.78 is 0. The molecule has 5 rings (SSSR count). The molecule has 266 valence electrons. The molecule has 2 aliphatic carbocycles. The second kappa shape index (κ2) is 22.2. The van der Waals surface area contributed by atoms with Gasteiger partial charge in [0.1, 0.15) is 0 Å². The van der Waals surface area contributed by atoms with Crippen molar-refractivity contribution in [2.24, 2.45) is 11.3 Å². The third kappa shape index (κ3) is 14.5. The van der Waals surface area contributed by atoms with Crippen LogP contribution in [0.1, 0.15) is 102 Å². The van der Waals surface area contributed by atoms with Crippen LogP contribution in [0.2, 0.25) is 0 Å². The Hall–Kier alpha value is -2.48. The van der Waals surface area contributed by atoms with Crippen LogP contribution in [0.5, 0.6) is 0 Å². The molecule has 1 heterocycles. The van der Waals surface area contributed by atoms with E-state index in [1.165, 1.54) is 40.9 Å². The van der Waals surface area contributed by atoms with Crippen LogP contribution in [-0.2, 0) is 24.3 Å². The van der Waals surface area contributed by atoms with Crippen molar-refractivity contribution >= 4 is 0 Å². The van der Waals surface area contributed by atoms with Crippen LogP contribution < -0.4 is 16.0 Å². The molecule has 0 spiro atoms. The monoisotopic (exact) mass is 645 g/mol. The Bertz CT molecular complexity index is 1150. The fourth-order valence-corrected chi connectivity index (χ4v) is 5.17. The average molecular weight is 645 g/mol. The Labute approximate surface area is 285 Å². The molecule has 0 bridgehead atoms. The minimum atomic E-state index is 0. The van der Waals surface area contributed by atoms with E-state index in [-0.39, 0.29) is 20.0 Å². The summed E-state index contributed by atoms with van der Waals surface area (Å²) in [5.41, 5.74) is 10.9. The van der Waals surface area contributed by atoms with Gasteiger partial charge in [0.2, 0.25) is 0 Å². The molecular formula is C39H72N4O3. The molecule has 2 unspecified atom stereocenters. The standard InChI is InChI=1S/C20H29N3.C8H10O2.C7H15N.2C2H6.H2O.2H2/c1-6-15-7-9-16(10-8-15)13-23(5)18-11-17(12-18)19-21-14(2)20(3,4)22-19;9-10-7-6-8-4-2-1-3-5-8;1-7(2)4-6(7)5-8-3;2*1-2;;;/h7-10,14,19,21-22H,6,11,13H2,1-5H3;1-5,9H,6-7H2;6,8H,4-5H2,1-3H3;2*1-2H3;1H2;2*1H/t14-,19?;;;;;;;/m0......./s1. The van der Waals surface area contributed by atoms with Gasteiger partial charge in [0.15, 0.2) is 0 Å². The van der Waals surface area contributed by atoms with Crippen molar-refractivity contribution in [1.29, 1.82) is 0 Å². The number of nitrogens with zero attached hydrogens (tertiary/aromatic N) is 1. The Morgan fingerprint density at radius 2 is 1.52 bits per heavy atom. The SMILES string of the molecule is CC.CC.CCc1ccc(CN(C)C2=C=C(C3N[C@@H](C)C(C)(C)N3)C2)cc1.CNCC1CC1(C)C.O.OOCCc1ccccc1.[HH].[HH]. The smallest absolute Gasteiger partial charge is 0.0882 e. The van der Waals surface area contributed by atoms with Gasteiger partial charge in [-0.15, -0.1) is 0 Å². The Morgan fingerprint density at radius 1 is 0.978 bits per heavy atom. The van der Waals surface area contributed by atoms with Gasteiger partial charge in [-0.1, -0.05) is 109 Å². The fourth-order valence-electron chi connectivity index (χ4n) is 5.17. The summed E-state index contributed by atoms with van der Waals surface area (Å²) in [4.78, 5) is 6.26. The lowest BCUT2D eigenvalue weighted by Crippen LogP contribution is -2.43. The van der Waals surface area contributed by atoms with Crippen LogP contribution in [0.15, 0.2) is 71.6 Å². The van der Waals surface area contributed by atoms with Crippen molar-refractivity contribution < 1.29 is 18.5 Å². The molecule has 2 aromatic carbocycles. The van der Waals surface area contributed by atoms with Gasteiger partial charge < -0.3 is 15.7 Å². The molecule has 3 atom stereocenters. The summed E-state index contributed by atoms with van der Waals surface area (Å²) in [6.45, 7) is 24.1. The molecule has 1 aliphatic heterocycles. The molecule has 7 heteroatoms. The molecule has 2 fully saturated rings. The molecule has 3 aliphatic rings. The Kier molecular flexibility index (Phi) is 21.0. The topological polar surface area (TPSA) is 100 Å². The zero-order valence-corrected chi connectivity index (χ0v) is 31.2. The maximum atomic E-state index is 8.03. The normalized spacial score (nSPS) is 20.8. The van der Waals surface area contributed by atoms with E-state index in [4.69, 9.17) is 5.26 Å². The van der Waals surface area contributed by atoms with Gasteiger partial charge in [-0.3, -0.25) is 15.9 Å². The van der Waals surface area contributed by atoms with Gasteiger partial charge in [-0.2, -0.15) is 0 Å². The first-order valence-electron chi connectivity index (χ1n) is 17.2. The fraction of sp³-hybridized carbons (Fsp3) is 0.615. The molecular weight excluding hydrogens is 572 g/mol. The lowest BCUT2D eigenvalue weighted by atomic mass is 9.98. The molecule has 46 heavy (non-hydrogen) atoms. The van der Waals surface area contributed by atoms with Crippen molar-refractivity contribution in [3.63, 3.8) is 0 Å². The first-order chi connectivity index (χ1) is 21.5. The minimum Gasteiger partial charge on any atom is -0.412 e. The highest BCUT2D eigenvalue weighted by Gasteiger charge is 2.44. The number of aryl methyl sites for hydroxylation is 1. The van der Waals surface area contributed by atoms with Gasteiger partial charge in [-0.25, -0.2) is 4.89 Å². The highest BCUT2D eigenvalue weighted by atomic mass is 17.1. The maximum Gasteiger partial charge on any atom is 0.0882 e. The van der Waals surface area contributed by atoms with Crippen LogP contribution in [0.3, 0.4) is 0 Å². The van der Waals surface area contributed by atoms with Crippen LogP contribution in [0, 0.1) is 11.3 Å². The van der Waals surface area contributed by atoms with Crippen LogP contribution in [-0.4, -0.2) is 60.6 Å². The number of rotatable bonds is 10. The quantitative estimate of drug-likeness (QED) is 0.119. The summed E-state index contributed by atoms with van der Waals surface area (Å²) in [6.07, 6.45) is 4.58. The third-order valence-electron chi connectivity index (χ3n) is 8.83. The van der Waals surface area contributed by atoms with E-state index in [1.54, 1.807) is 0 Å². The second-order valence-electron chi connectivity index (χ2n) is 13.0. The third-order valence-corrected chi connectivity index (χ3v) is 8.83. The van der Waals surface area contributed by atoms with E-state index in [9.17, 15) is 0 Å². The molecule has 2 aromatic rings. The highest BCUT2D eigenvalue weighted by Crippen LogP contribution is 2.50. The van der Waals surface area contributed by atoms with Crippen LogP contribution >= 0.6 is 0 Å². The van der Waals surface area contributed by atoms with Crippen LogP contribution in [0.25, 0.3) is 0 Å². The molecule has 6 N–H and O–H groups in total. The van der Waals surface area contributed by atoms with Gasteiger partial charge in [0, 0.05) is 40.0 Å². The summed E-state index contributed by atoms with van der Waals surface area (Å²) in [6, 6.07) is 19.3. The molecule has 1 saturated carbocycles. The molecule has 7 nitrogen and oxygen atoms in total. The molecule has 0 radical (unpaired) electrons. The lowest BCUT2D eigenvalue weighted by Gasteiger charge is -2.29. The second-order valence-corrected chi connectivity index (χ2v) is 13.0. The summed E-state index contributed by atoms with van der Waals surface area (Å²) in [7, 11) is 4.18. The largest absolute Gasteiger partial charge is 0.412 e.